The molecule has 132 valence electrons. The van der Waals surface area contributed by atoms with Gasteiger partial charge in [-0.2, -0.15) is 0 Å². The van der Waals surface area contributed by atoms with E-state index in [2.05, 4.69) is 26.8 Å². The van der Waals surface area contributed by atoms with Crippen molar-refractivity contribution in [3.8, 4) is 5.75 Å². The highest BCUT2D eigenvalue weighted by atomic mass is 16.5. The number of likely N-dealkylation sites (tertiary alicyclic amines) is 1. The molecule has 2 N–H and O–H groups in total. The van der Waals surface area contributed by atoms with E-state index in [9.17, 15) is 9.59 Å². The summed E-state index contributed by atoms with van der Waals surface area (Å²) in [6.07, 6.45) is 0.714. The van der Waals surface area contributed by atoms with Crippen LogP contribution in [0.1, 0.15) is 46.1 Å². The molecule has 0 bridgehead atoms. The lowest BCUT2D eigenvalue weighted by molar-refractivity contribution is -0.140. The SMILES string of the molecule is CC(Oc1cccc(C(C)(C)C)c1)C(=O)N1CCC(C(N)=O)CC1. The van der Waals surface area contributed by atoms with Gasteiger partial charge in [-0.05, 0) is 42.9 Å². The Morgan fingerprint density at radius 2 is 1.88 bits per heavy atom. The van der Waals surface area contributed by atoms with E-state index in [4.69, 9.17) is 10.5 Å². The van der Waals surface area contributed by atoms with Crippen LogP contribution >= 0.6 is 0 Å². The summed E-state index contributed by atoms with van der Waals surface area (Å²) in [7, 11) is 0. The van der Waals surface area contributed by atoms with Crippen LogP contribution in [0.4, 0.5) is 0 Å². The predicted octanol–water partition coefficient (Wildman–Crippen LogP) is 2.48. The highest BCUT2D eigenvalue weighted by Gasteiger charge is 2.29. The fourth-order valence-electron chi connectivity index (χ4n) is 2.93. The lowest BCUT2D eigenvalue weighted by atomic mass is 9.87. The quantitative estimate of drug-likeness (QED) is 0.920. The first-order chi connectivity index (χ1) is 11.2. The molecule has 2 rings (SSSR count). The first kappa shape index (κ1) is 18.3. The number of carbonyl (C=O) groups is 2. The van der Waals surface area contributed by atoms with Crippen molar-refractivity contribution in [2.24, 2.45) is 11.7 Å². The van der Waals surface area contributed by atoms with Gasteiger partial charge in [0, 0.05) is 19.0 Å². The predicted molar refractivity (Wildman–Crippen MR) is 93.7 cm³/mol. The summed E-state index contributed by atoms with van der Waals surface area (Å²) >= 11 is 0. The van der Waals surface area contributed by atoms with E-state index >= 15 is 0 Å². The maximum atomic E-state index is 12.5. The van der Waals surface area contributed by atoms with E-state index < -0.39 is 6.10 Å². The molecule has 1 heterocycles. The zero-order chi connectivity index (χ0) is 17.9. The number of piperidine rings is 1. The summed E-state index contributed by atoms with van der Waals surface area (Å²) in [4.78, 5) is 25.5. The van der Waals surface area contributed by atoms with Crippen molar-refractivity contribution < 1.29 is 14.3 Å². The Kier molecular flexibility index (Phi) is 5.52. The average Bonchev–Trinajstić information content (AvgIpc) is 2.53. The van der Waals surface area contributed by atoms with Gasteiger partial charge in [0.1, 0.15) is 5.75 Å². The van der Waals surface area contributed by atoms with Gasteiger partial charge in [0.25, 0.3) is 5.91 Å². The number of nitrogens with zero attached hydrogens (tertiary/aromatic N) is 1. The molecule has 1 aliphatic rings. The normalized spacial score (nSPS) is 17.4. The smallest absolute Gasteiger partial charge is 0.263 e. The molecule has 1 fully saturated rings. The summed E-state index contributed by atoms with van der Waals surface area (Å²) in [6.45, 7) is 9.31. The van der Waals surface area contributed by atoms with Crippen LogP contribution < -0.4 is 10.5 Å². The second-order valence-corrected chi connectivity index (χ2v) is 7.54. The third kappa shape index (κ3) is 4.49. The molecule has 2 amide bonds. The van der Waals surface area contributed by atoms with Crippen molar-refractivity contribution in [3.63, 3.8) is 0 Å². The van der Waals surface area contributed by atoms with Gasteiger partial charge >= 0.3 is 0 Å². The molecule has 0 saturated carbocycles. The van der Waals surface area contributed by atoms with Gasteiger partial charge < -0.3 is 15.4 Å². The van der Waals surface area contributed by atoms with Crippen LogP contribution in [0.2, 0.25) is 0 Å². The van der Waals surface area contributed by atoms with E-state index in [1.54, 1.807) is 11.8 Å². The minimum atomic E-state index is -0.551. The Morgan fingerprint density at radius 3 is 2.42 bits per heavy atom. The highest BCUT2D eigenvalue weighted by Crippen LogP contribution is 2.26. The molecule has 0 aliphatic carbocycles. The third-order valence-corrected chi connectivity index (χ3v) is 4.57. The van der Waals surface area contributed by atoms with Crippen LogP contribution in [0.25, 0.3) is 0 Å². The van der Waals surface area contributed by atoms with Gasteiger partial charge in [0.15, 0.2) is 6.10 Å². The van der Waals surface area contributed by atoms with E-state index in [0.29, 0.717) is 31.7 Å². The Bertz CT molecular complexity index is 599. The van der Waals surface area contributed by atoms with Crippen LogP contribution in [0.3, 0.4) is 0 Å². The molecule has 0 aromatic heterocycles. The maximum Gasteiger partial charge on any atom is 0.263 e. The monoisotopic (exact) mass is 332 g/mol. The zero-order valence-corrected chi connectivity index (χ0v) is 15.0. The van der Waals surface area contributed by atoms with Gasteiger partial charge in [0.05, 0.1) is 0 Å². The van der Waals surface area contributed by atoms with E-state index in [1.807, 2.05) is 18.2 Å². The average molecular weight is 332 g/mol. The van der Waals surface area contributed by atoms with Crippen molar-refractivity contribution in [1.29, 1.82) is 0 Å². The number of hydrogen-bond acceptors (Lipinski definition) is 3. The number of carbonyl (C=O) groups excluding carboxylic acids is 2. The van der Waals surface area contributed by atoms with Crippen molar-refractivity contribution in [1.82, 2.24) is 4.90 Å². The maximum absolute atomic E-state index is 12.5. The highest BCUT2D eigenvalue weighted by molar-refractivity contribution is 5.82. The Labute approximate surface area is 144 Å². The Morgan fingerprint density at radius 1 is 1.25 bits per heavy atom. The standard InChI is InChI=1S/C19H28N2O3/c1-13(18(23)21-10-8-14(9-11-21)17(20)22)24-16-7-5-6-15(12-16)19(2,3)4/h5-7,12-14H,8-11H2,1-4H3,(H2,20,22). The number of nitrogens with two attached hydrogens (primary N) is 1. The fourth-order valence-corrected chi connectivity index (χ4v) is 2.93. The van der Waals surface area contributed by atoms with E-state index in [1.165, 1.54) is 5.56 Å². The molecule has 0 radical (unpaired) electrons. The molecule has 5 heteroatoms. The fraction of sp³-hybridized carbons (Fsp3) is 0.579. The van der Waals surface area contributed by atoms with Gasteiger partial charge in [-0.3, -0.25) is 9.59 Å². The number of hydrogen-bond donors (Lipinski definition) is 1. The molecule has 1 atom stereocenters. The molecule has 1 aromatic rings. The van der Waals surface area contributed by atoms with E-state index in [0.717, 1.165) is 0 Å². The number of benzene rings is 1. The molecule has 1 unspecified atom stereocenters. The minimum absolute atomic E-state index is 0.0310. The van der Waals surface area contributed by atoms with Gasteiger partial charge in [0.2, 0.25) is 5.91 Å². The summed E-state index contributed by atoms with van der Waals surface area (Å²) in [5.41, 5.74) is 6.53. The van der Waals surface area contributed by atoms with Crippen LogP contribution in [0.5, 0.6) is 5.75 Å². The third-order valence-electron chi connectivity index (χ3n) is 4.57. The molecule has 24 heavy (non-hydrogen) atoms. The summed E-state index contributed by atoms with van der Waals surface area (Å²) in [5, 5.41) is 0. The van der Waals surface area contributed by atoms with Crippen LogP contribution in [0.15, 0.2) is 24.3 Å². The molecule has 5 nitrogen and oxygen atoms in total. The van der Waals surface area contributed by atoms with E-state index in [-0.39, 0.29) is 23.1 Å². The van der Waals surface area contributed by atoms with Crippen LogP contribution in [-0.4, -0.2) is 35.9 Å². The minimum Gasteiger partial charge on any atom is -0.481 e. The first-order valence-corrected chi connectivity index (χ1v) is 8.54. The summed E-state index contributed by atoms with van der Waals surface area (Å²) in [5.74, 6) is 0.272. The molecule has 0 spiro atoms. The molecule has 1 aromatic carbocycles. The van der Waals surface area contributed by atoms with Crippen molar-refractivity contribution in [2.75, 3.05) is 13.1 Å². The Balaban J connectivity index is 1.96. The number of primary amides is 1. The van der Waals surface area contributed by atoms with Gasteiger partial charge in [-0.15, -0.1) is 0 Å². The number of amides is 2. The number of ether oxygens (including phenoxy) is 1. The van der Waals surface area contributed by atoms with Gasteiger partial charge in [-0.25, -0.2) is 0 Å². The molecule has 1 saturated heterocycles. The second-order valence-electron chi connectivity index (χ2n) is 7.54. The molecular weight excluding hydrogens is 304 g/mol. The Hall–Kier alpha value is -2.04. The van der Waals surface area contributed by atoms with Crippen molar-refractivity contribution >= 4 is 11.8 Å². The van der Waals surface area contributed by atoms with Crippen molar-refractivity contribution in [3.05, 3.63) is 29.8 Å². The second kappa shape index (κ2) is 7.24. The van der Waals surface area contributed by atoms with Crippen LogP contribution in [-0.2, 0) is 15.0 Å². The zero-order valence-electron chi connectivity index (χ0n) is 15.0. The topological polar surface area (TPSA) is 72.6 Å². The summed E-state index contributed by atoms with van der Waals surface area (Å²) in [6, 6.07) is 7.88. The lowest BCUT2D eigenvalue weighted by Gasteiger charge is -2.32. The van der Waals surface area contributed by atoms with Gasteiger partial charge in [-0.1, -0.05) is 32.9 Å². The largest absolute Gasteiger partial charge is 0.481 e. The van der Waals surface area contributed by atoms with Crippen LogP contribution in [0, 0.1) is 5.92 Å². The lowest BCUT2D eigenvalue weighted by Crippen LogP contribution is -2.46. The number of rotatable bonds is 4. The first-order valence-electron chi connectivity index (χ1n) is 8.54. The summed E-state index contributed by atoms with van der Waals surface area (Å²) < 4.78 is 5.86. The molecular formula is C19H28N2O3. The van der Waals surface area contributed by atoms with Crippen molar-refractivity contribution in [2.45, 2.75) is 52.1 Å². The molecule has 1 aliphatic heterocycles.